The summed E-state index contributed by atoms with van der Waals surface area (Å²) in [7, 11) is 0. The Morgan fingerprint density at radius 3 is 2.62 bits per heavy atom. The summed E-state index contributed by atoms with van der Waals surface area (Å²) < 4.78 is 0.873. The fraction of sp³-hybridized carbons (Fsp3) is 0. The number of hydrogen-bond donors (Lipinski definition) is 2. The topological polar surface area (TPSA) is 58.0 Å². The Balaban J connectivity index is 1.86. The molecule has 0 unspecified atom stereocenters. The molecule has 1 aromatic heterocycles. The van der Waals surface area contributed by atoms with Crippen LogP contribution in [0.15, 0.2) is 46.9 Å². The van der Waals surface area contributed by atoms with Gasteiger partial charge in [0.1, 0.15) is 5.75 Å². The summed E-state index contributed by atoms with van der Waals surface area (Å²) in [5.74, 6) is 0.174. The van der Waals surface area contributed by atoms with Crippen molar-refractivity contribution in [3.8, 4) is 16.3 Å². The molecule has 2 N–H and O–H groups in total. The summed E-state index contributed by atoms with van der Waals surface area (Å²) in [5, 5.41) is 23.2. The van der Waals surface area contributed by atoms with Crippen LogP contribution >= 0.6 is 38.9 Å². The highest BCUT2D eigenvalue weighted by Crippen LogP contribution is 2.35. The molecule has 7 heteroatoms. The van der Waals surface area contributed by atoms with E-state index in [0.29, 0.717) is 20.7 Å². The van der Waals surface area contributed by atoms with Crippen molar-refractivity contribution in [3.63, 3.8) is 0 Å². The maximum Gasteiger partial charge on any atom is 0.210 e. The SMILES string of the molecule is Oc1ccc(Br)cc1-c1nnc(Nc2ccc(Cl)cc2)s1. The van der Waals surface area contributed by atoms with Gasteiger partial charge in [-0.3, -0.25) is 0 Å². The second-order valence-corrected chi connectivity index (χ2v) is 6.54. The fourth-order valence-corrected chi connectivity index (χ4v) is 2.99. The van der Waals surface area contributed by atoms with Crippen LogP contribution in [0.1, 0.15) is 0 Å². The van der Waals surface area contributed by atoms with Crippen LogP contribution in [0.5, 0.6) is 5.75 Å². The molecule has 0 amide bonds. The number of anilines is 2. The number of halogens is 2. The van der Waals surface area contributed by atoms with Crippen molar-refractivity contribution in [3.05, 3.63) is 52.0 Å². The van der Waals surface area contributed by atoms with Crippen LogP contribution in [-0.2, 0) is 0 Å². The molecule has 3 aromatic rings. The molecular weight excluding hydrogens is 374 g/mol. The van der Waals surface area contributed by atoms with E-state index in [1.54, 1.807) is 24.3 Å². The lowest BCUT2D eigenvalue weighted by atomic mass is 10.2. The van der Waals surface area contributed by atoms with Crippen molar-refractivity contribution in [1.82, 2.24) is 10.2 Å². The van der Waals surface area contributed by atoms with E-state index in [1.807, 2.05) is 18.2 Å². The molecule has 21 heavy (non-hydrogen) atoms. The molecule has 0 fully saturated rings. The van der Waals surface area contributed by atoms with Gasteiger partial charge in [0.25, 0.3) is 0 Å². The van der Waals surface area contributed by atoms with Gasteiger partial charge in [-0.1, -0.05) is 38.9 Å². The Labute approximate surface area is 138 Å². The van der Waals surface area contributed by atoms with Gasteiger partial charge in [-0.05, 0) is 42.5 Å². The van der Waals surface area contributed by atoms with E-state index in [9.17, 15) is 5.11 Å². The van der Waals surface area contributed by atoms with Gasteiger partial charge in [0.05, 0.1) is 5.56 Å². The van der Waals surface area contributed by atoms with E-state index in [-0.39, 0.29) is 5.75 Å². The van der Waals surface area contributed by atoms with Gasteiger partial charge in [-0.15, -0.1) is 10.2 Å². The van der Waals surface area contributed by atoms with Crippen LogP contribution in [0, 0.1) is 0 Å². The minimum atomic E-state index is 0.174. The van der Waals surface area contributed by atoms with E-state index in [4.69, 9.17) is 11.6 Å². The zero-order valence-corrected chi connectivity index (χ0v) is 13.7. The Bertz CT molecular complexity index is 776. The zero-order chi connectivity index (χ0) is 14.8. The molecular formula is C14H9BrClN3OS. The third-order valence-electron chi connectivity index (χ3n) is 2.71. The van der Waals surface area contributed by atoms with E-state index >= 15 is 0 Å². The number of benzene rings is 2. The first kappa shape index (κ1) is 14.3. The van der Waals surface area contributed by atoms with Crippen LogP contribution in [0.4, 0.5) is 10.8 Å². The van der Waals surface area contributed by atoms with Gasteiger partial charge < -0.3 is 10.4 Å². The van der Waals surface area contributed by atoms with Crippen LogP contribution in [-0.4, -0.2) is 15.3 Å². The van der Waals surface area contributed by atoms with Crippen LogP contribution in [0.3, 0.4) is 0 Å². The Morgan fingerprint density at radius 2 is 1.86 bits per heavy atom. The molecule has 0 aliphatic rings. The lowest BCUT2D eigenvalue weighted by Gasteiger charge is -2.01. The highest BCUT2D eigenvalue weighted by molar-refractivity contribution is 9.10. The van der Waals surface area contributed by atoms with Crippen molar-refractivity contribution in [2.45, 2.75) is 0 Å². The highest BCUT2D eigenvalue weighted by atomic mass is 79.9. The maximum atomic E-state index is 9.90. The van der Waals surface area contributed by atoms with Gasteiger partial charge in [-0.25, -0.2) is 0 Å². The quantitative estimate of drug-likeness (QED) is 0.664. The molecule has 0 aliphatic carbocycles. The van der Waals surface area contributed by atoms with Crippen molar-refractivity contribution in [2.24, 2.45) is 0 Å². The number of nitrogens with one attached hydrogen (secondary N) is 1. The first-order chi connectivity index (χ1) is 10.1. The van der Waals surface area contributed by atoms with E-state index in [1.165, 1.54) is 11.3 Å². The van der Waals surface area contributed by atoms with Gasteiger partial charge in [-0.2, -0.15) is 0 Å². The Morgan fingerprint density at radius 1 is 1.10 bits per heavy atom. The molecule has 4 nitrogen and oxygen atoms in total. The third kappa shape index (κ3) is 3.34. The first-order valence-corrected chi connectivity index (χ1v) is 7.95. The molecule has 106 valence electrons. The van der Waals surface area contributed by atoms with Crippen molar-refractivity contribution in [2.75, 3.05) is 5.32 Å². The molecule has 0 saturated carbocycles. The Kier molecular flexibility index (Phi) is 4.10. The first-order valence-electron chi connectivity index (χ1n) is 5.97. The van der Waals surface area contributed by atoms with Crippen LogP contribution < -0.4 is 5.32 Å². The minimum Gasteiger partial charge on any atom is -0.507 e. The predicted octanol–water partition coefficient (Wildman–Crippen LogP) is 5.07. The second-order valence-electron chi connectivity index (χ2n) is 4.21. The average molecular weight is 383 g/mol. The summed E-state index contributed by atoms with van der Waals surface area (Å²) in [5.41, 5.74) is 1.52. The maximum absolute atomic E-state index is 9.90. The number of nitrogens with zero attached hydrogens (tertiary/aromatic N) is 2. The van der Waals surface area contributed by atoms with E-state index in [0.717, 1.165) is 10.2 Å². The molecule has 0 aliphatic heterocycles. The molecule has 2 aromatic carbocycles. The predicted molar refractivity (Wildman–Crippen MR) is 89.4 cm³/mol. The van der Waals surface area contributed by atoms with Crippen molar-refractivity contribution in [1.29, 1.82) is 0 Å². The molecule has 0 spiro atoms. The molecule has 0 bridgehead atoms. The lowest BCUT2D eigenvalue weighted by Crippen LogP contribution is -1.88. The molecule has 0 radical (unpaired) electrons. The summed E-state index contributed by atoms with van der Waals surface area (Å²) in [6, 6.07) is 12.5. The van der Waals surface area contributed by atoms with Gasteiger partial charge in [0, 0.05) is 15.2 Å². The second kappa shape index (κ2) is 6.01. The number of aromatic hydroxyl groups is 1. The van der Waals surface area contributed by atoms with Crippen molar-refractivity contribution < 1.29 is 5.11 Å². The fourth-order valence-electron chi connectivity index (χ4n) is 1.72. The van der Waals surface area contributed by atoms with Gasteiger partial charge >= 0.3 is 0 Å². The number of hydrogen-bond acceptors (Lipinski definition) is 5. The number of aromatic nitrogens is 2. The van der Waals surface area contributed by atoms with Gasteiger partial charge in [0.2, 0.25) is 5.13 Å². The van der Waals surface area contributed by atoms with Crippen LogP contribution in [0.2, 0.25) is 5.02 Å². The summed E-state index contributed by atoms with van der Waals surface area (Å²) in [6.07, 6.45) is 0. The normalized spacial score (nSPS) is 10.6. The van der Waals surface area contributed by atoms with Gasteiger partial charge in [0.15, 0.2) is 5.01 Å². The largest absolute Gasteiger partial charge is 0.507 e. The summed E-state index contributed by atoms with van der Waals surface area (Å²) in [4.78, 5) is 0. The van der Waals surface area contributed by atoms with E-state index < -0.39 is 0 Å². The Hall–Kier alpha value is -1.63. The molecule has 3 rings (SSSR count). The lowest BCUT2D eigenvalue weighted by molar-refractivity contribution is 0.477. The van der Waals surface area contributed by atoms with Crippen molar-refractivity contribution >= 4 is 49.7 Å². The zero-order valence-electron chi connectivity index (χ0n) is 10.5. The minimum absolute atomic E-state index is 0.174. The smallest absolute Gasteiger partial charge is 0.210 e. The van der Waals surface area contributed by atoms with E-state index in [2.05, 4.69) is 31.4 Å². The molecule has 0 saturated heterocycles. The highest BCUT2D eigenvalue weighted by Gasteiger charge is 2.11. The van der Waals surface area contributed by atoms with Crippen LogP contribution in [0.25, 0.3) is 10.6 Å². The monoisotopic (exact) mass is 381 g/mol. The number of phenolic OH excluding ortho intramolecular Hbond substituents is 1. The number of rotatable bonds is 3. The molecule has 1 heterocycles. The average Bonchev–Trinajstić information content (AvgIpc) is 2.92. The summed E-state index contributed by atoms with van der Waals surface area (Å²) >= 11 is 10.6. The standard InChI is InChI=1S/C14H9BrClN3OS/c15-8-1-6-12(20)11(7-8)13-18-19-14(21-13)17-10-4-2-9(16)3-5-10/h1-7,20H,(H,17,19). The third-order valence-corrected chi connectivity index (χ3v) is 4.33. The summed E-state index contributed by atoms with van der Waals surface area (Å²) in [6.45, 7) is 0. The molecule has 0 atom stereocenters. The number of phenols is 1.